The first-order valence-corrected chi connectivity index (χ1v) is 6.82. The van der Waals surface area contributed by atoms with Crippen LogP contribution >= 0.6 is 11.6 Å². The van der Waals surface area contributed by atoms with Gasteiger partial charge in [-0.25, -0.2) is 0 Å². The molecular formula is C15H17ClN2O3. The quantitative estimate of drug-likeness (QED) is 0.891. The fourth-order valence-electron chi connectivity index (χ4n) is 1.83. The number of aliphatic hydroxyl groups is 1. The van der Waals surface area contributed by atoms with Crippen molar-refractivity contribution in [1.82, 2.24) is 4.90 Å². The molecule has 21 heavy (non-hydrogen) atoms. The summed E-state index contributed by atoms with van der Waals surface area (Å²) in [6.45, 7) is 0.333. The number of nitrogens with zero attached hydrogens (tertiary/aromatic N) is 1. The Hall–Kier alpha value is -1.98. The third kappa shape index (κ3) is 3.77. The lowest BCUT2D eigenvalue weighted by Crippen LogP contribution is -2.22. The van der Waals surface area contributed by atoms with Crippen LogP contribution in [-0.4, -0.2) is 30.0 Å². The summed E-state index contributed by atoms with van der Waals surface area (Å²) in [6.07, 6.45) is 0. The minimum absolute atomic E-state index is 0.123. The second-order valence-electron chi connectivity index (χ2n) is 4.77. The van der Waals surface area contributed by atoms with Crippen LogP contribution in [0.5, 0.6) is 0 Å². The lowest BCUT2D eigenvalue weighted by Gasteiger charge is -2.13. The van der Waals surface area contributed by atoms with Crippen molar-refractivity contribution in [3.05, 3.63) is 52.4 Å². The SMILES string of the molecule is CN(C)C(=O)c1cc(NCc2ccc(CO)o2)ccc1Cl. The Balaban J connectivity index is 2.10. The van der Waals surface area contributed by atoms with Gasteiger partial charge >= 0.3 is 0 Å². The summed E-state index contributed by atoms with van der Waals surface area (Å²) in [7, 11) is 3.36. The highest BCUT2D eigenvalue weighted by atomic mass is 35.5. The van der Waals surface area contributed by atoms with Gasteiger partial charge in [0.2, 0.25) is 0 Å². The minimum atomic E-state index is -0.149. The van der Waals surface area contributed by atoms with Crippen molar-refractivity contribution in [2.24, 2.45) is 0 Å². The number of nitrogens with one attached hydrogen (secondary N) is 1. The maximum atomic E-state index is 12.0. The van der Waals surface area contributed by atoms with Gasteiger partial charge in [0.1, 0.15) is 18.1 Å². The van der Waals surface area contributed by atoms with E-state index >= 15 is 0 Å². The Kier molecular flexibility index (Phi) is 4.88. The largest absolute Gasteiger partial charge is 0.462 e. The maximum Gasteiger partial charge on any atom is 0.254 e. The van der Waals surface area contributed by atoms with Crippen LogP contribution in [0, 0.1) is 0 Å². The lowest BCUT2D eigenvalue weighted by molar-refractivity contribution is 0.0828. The monoisotopic (exact) mass is 308 g/mol. The predicted octanol–water partition coefficient (Wildman–Crippen LogP) is 2.74. The molecule has 2 N–H and O–H groups in total. The fraction of sp³-hybridized carbons (Fsp3) is 0.267. The Morgan fingerprint density at radius 3 is 2.62 bits per heavy atom. The van der Waals surface area contributed by atoms with Crippen LogP contribution in [0.4, 0.5) is 5.69 Å². The minimum Gasteiger partial charge on any atom is -0.462 e. The molecule has 1 aromatic heterocycles. The molecule has 2 aromatic rings. The van der Waals surface area contributed by atoms with Gasteiger partial charge in [0.25, 0.3) is 5.91 Å². The highest BCUT2D eigenvalue weighted by Crippen LogP contribution is 2.22. The molecule has 0 spiro atoms. The molecule has 112 valence electrons. The highest BCUT2D eigenvalue weighted by Gasteiger charge is 2.13. The average molecular weight is 309 g/mol. The van der Waals surface area contributed by atoms with Crippen molar-refractivity contribution >= 4 is 23.2 Å². The molecule has 0 aliphatic rings. The van der Waals surface area contributed by atoms with Gasteiger partial charge in [-0.05, 0) is 30.3 Å². The molecule has 0 fully saturated rings. The summed E-state index contributed by atoms with van der Waals surface area (Å²) >= 11 is 6.05. The van der Waals surface area contributed by atoms with Gasteiger partial charge in [0, 0.05) is 19.8 Å². The smallest absolute Gasteiger partial charge is 0.254 e. The molecule has 6 heteroatoms. The Morgan fingerprint density at radius 1 is 1.29 bits per heavy atom. The number of carbonyl (C=O) groups is 1. The van der Waals surface area contributed by atoms with Gasteiger partial charge in [0.05, 0.1) is 17.1 Å². The molecule has 0 radical (unpaired) electrons. The van der Waals surface area contributed by atoms with Gasteiger partial charge < -0.3 is 19.7 Å². The van der Waals surface area contributed by atoms with Crippen LogP contribution in [-0.2, 0) is 13.2 Å². The molecule has 0 saturated carbocycles. The van der Waals surface area contributed by atoms with E-state index < -0.39 is 0 Å². The van der Waals surface area contributed by atoms with Crippen molar-refractivity contribution < 1.29 is 14.3 Å². The number of furan rings is 1. The van der Waals surface area contributed by atoms with E-state index in [-0.39, 0.29) is 12.5 Å². The number of hydrogen-bond acceptors (Lipinski definition) is 4. The number of rotatable bonds is 5. The van der Waals surface area contributed by atoms with Crippen LogP contribution in [0.1, 0.15) is 21.9 Å². The van der Waals surface area contributed by atoms with E-state index in [1.54, 1.807) is 44.4 Å². The first-order valence-electron chi connectivity index (χ1n) is 6.44. The van der Waals surface area contributed by atoms with E-state index in [1.165, 1.54) is 4.90 Å². The summed E-state index contributed by atoms with van der Waals surface area (Å²) < 4.78 is 5.38. The first kappa shape index (κ1) is 15.4. The standard InChI is InChI=1S/C15H17ClN2O3/c1-18(2)15(20)13-7-10(3-6-14(13)16)17-8-11-4-5-12(9-19)21-11/h3-7,17,19H,8-9H2,1-2H3. The first-order chi connectivity index (χ1) is 10.0. The fourth-order valence-corrected chi connectivity index (χ4v) is 2.03. The van der Waals surface area contributed by atoms with Crippen molar-refractivity contribution in [3.63, 3.8) is 0 Å². The predicted molar refractivity (Wildman–Crippen MR) is 81.4 cm³/mol. The molecule has 2 rings (SSSR count). The van der Waals surface area contributed by atoms with Crippen molar-refractivity contribution in [2.45, 2.75) is 13.2 Å². The molecular weight excluding hydrogens is 292 g/mol. The topological polar surface area (TPSA) is 65.7 Å². The molecule has 5 nitrogen and oxygen atoms in total. The number of anilines is 1. The van der Waals surface area contributed by atoms with E-state index in [1.807, 2.05) is 0 Å². The van der Waals surface area contributed by atoms with Crippen LogP contribution in [0.2, 0.25) is 5.02 Å². The number of carbonyl (C=O) groups excluding carboxylic acids is 1. The highest BCUT2D eigenvalue weighted by molar-refractivity contribution is 6.34. The third-order valence-electron chi connectivity index (χ3n) is 2.94. The van der Waals surface area contributed by atoms with Gasteiger partial charge in [-0.1, -0.05) is 11.6 Å². The third-order valence-corrected chi connectivity index (χ3v) is 3.27. The second kappa shape index (κ2) is 6.65. The van der Waals surface area contributed by atoms with Crippen LogP contribution in [0.15, 0.2) is 34.7 Å². The maximum absolute atomic E-state index is 12.0. The average Bonchev–Trinajstić information content (AvgIpc) is 2.93. The lowest BCUT2D eigenvalue weighted by atomic mass is 10.1. The molecule has 0 unspecified atom stereocenters. The number of amides is 1. The van der Waals surface area contributed by atoms with E-state index in [9.17, 15) is 4.79 Å². The summed E-state index contributed by atoms with van der Waals surface area (Å²) in [6, 6.07) is 8.70. The second-order valence-corrected chi connectivity index (χ2v) is 5.18. The van der Waals surface area contributed by atoms with Gasteiger partial charge in [-0.3, -0.25) is 4.79 Å². The molecule has 1 amide bonds. The molecule has 0 bridgehead atoms. The number of hydrogen-bond donors (Lipinski definition) is 2. The number of benzene rings is 1. The zero-order valence-electron chi connectivity index (χ0n) is 11.9. The van der Waals surface area contributed by atoms with Crippen molar-refractivity contribution in [3.8, 4) is 0 Å². The van der Waals surface area contributed by atoms with E-state index in [0.29, 0.717) is 28.7 Å². The summed E-state index contributed by atoms with van der Waals surface area (Å²) in [5.74, 6) is 1.07. The molecule has 0 aliphatic heterocycles. The molecule has 1 aromatic carbocycles. The van der Waals surface area contributed by atoms with Crippen molar-refractivity contribution in [2.75, 3.05) is 19.4 Å². The number of halogens is 1. The van der Waals surface area contributed by atoms with Gasteiger partial charge in [-0.15, -0.1) is 0 Å². The van der Waals surface area contributed by atoms with Gasteiger partial charge in [-0.2, -0.15) is 0 Å². The number of aliphatic hydroxyl groups excluding tert-OH is 1. The summed E-state index contributed by atoms with van der Waals surface area (Å²) in [5.41, 5.74) is 1.22. The van der Waals surface area contributed by atoms with Crippen LogP contribution in [0.25, 0.3) is 0 Å². The van der Waals surface area contributed by atoms with E-state index in [2.05, 4.69) is 5.32 Å². The Labute approximate surface area is 128 Å². The summed E-state index contributed by atoms with van der Waals surface area (Å²) in [5, 5.41) is 12.5. The molecule has 0 aliphatic carbocycles. The molecule has 1 heterocycles. The molecule has 0 saturated heterocycles. The Bertz CT molecular complexity index is 638. The van der Waals surface area contributed by atoms with Crippen molar-refractivity contribution in [1.29, 1.82) is 0 Å². The Morgan fingerprint density at radius 2 is 2.00 bits per heavy atom. The van der Waals surface area contributed by atoms with Crippen LogP contribution < -0.4 is 5.32 Å². The van der Waals surface area contributed by atoms with E-state index in [0.717, 1.165) is 5.69 Å². The normalized spacial score (nSPS) is 10.5. The van der Waals surface area contributed by atoms with Gasteiger partial charge in [0.15, 0.2) is 0 Å². The zero-order chi connectivity index (χ0) is 15.4. The molecule has 0 atom stereocenters. The zero-order valence-corrected chi connectivity index (χ0v) is 12.6. The summed E-state index contributed by atoms with van der Waals surface area (Å²) in [4.78, 5) is 13.5. The van der Waals surface area contributed by atoms with E-state index in [4.69, 9.17) is 21.1 Å². The van der Waals surface area contributed by atoms with Crippen LogP contribution in [0.3, 0.4) is 0 Å².